The zero-order valence-corrected chi connectivity index (χ0v) is 14.2. The zero-order chi connectivity index (χ0) is 15.5. The van der Waals surface area contributed by atoms with Crippen molar-refractivity contribution in [3.05, 3.63) is 22.3 Å². The molecule has 0 aliphatic carbocycles. The van der Waals surface area contributed by atoms with Gasteiger partial charge in [0.15, 0.2) is 0 Å². The molecule has 1 aromatic rings. The van der Waals surface area contributed by atoms with Gasteiger partial charge in [-0.25, -0.2) is 4.98 Å². The summed E-state index contributed by atoms with van der Waals surface area (Å²) in [6.07, 6.45) is 1.42. The van der Waals surface area contributed by atoms with Gasteiger partial charge in [-0.2, -0.15) is 5.26 Å². The van der Waals surface area contributed by atoms with Gasteiger partial charge in [-0.3, -0.25) is 0 Å². The van der Waals surface area contributed by atoms with Crippen molar-refractivity contribution in [1.82, 2.24) is 4.98 Å². The number of nitriles is 1. The summed E-state index contributed by atoms with van der Waals surface area (Å²) >= 11 is 1.57. The summed E-state index contributed by atoms with van der Waals surface area (Å²) in [6.45, 7) is 14.3. The second-order valence-electron chi connectivity index (χ2n) is 4.17. The first-order valence-corrected chi connectivity index (χ1v) is 7.46. The van der Waals surface area contributed by atoms with Crippen molar-refractivity contribution >= 4 is 16.9 Å². The van der Waals surface area contributed by atoms with Gasteiger partial charge in [-0.1, -0.05) is 48.5 Å². The number of thiazole rings is 1. The molecular formula is C15H26N2OS. The Morgan fingerprint density at radius 2 is 1.84 bits per heavy atom. The smallest absolute Gasteiger partial charge is 0.113 e. The summed E-state index contributed by atoms with van der Waals surface area (Å²) < 4.78 is 4.82. The van der Waals surface area contributed by atoms with Crippen molar-refractivity contribution in [2.24, 2.45) is 0 Å². The molecule has 0 aliphatic heterocycles. The van der Waals surface area contributed by atoms with E-state index in [1.54, 1.807) is 11.3 Å². The van der Waals surface area contributed by atoms with E-state index in [-0.39, 0.29) is 5.41 Å². The molecule has 3 nitrogen and oxygen atoms in total. The van der Waals surface area contributed by atoms with Gasteiger partial charge in [-0.15, -0.1) is 11.3 Å². The molecule has 1 aromatic heterocycles. The average Bonchev–Trinajstić information content (AvgIpc) is 2.90. The van der Waals surface area contributed by atoms with Crippen LogP contribution in [0.25, 0.3) is 5.57 Å². The summed E-state index contributed by atoms with van der Waals surface area (Å²) in [4.78, 5) is 4.42. The first-order valence-electron chi connectivity index (χ1n) is 6.58. The predicted molar refractivity (Wildman–Crippen MR) is 84.1 cm³/mol. The molecule has 1 heterocycles. The highest BCUT2D eigenvalue weighted by Gasteiger charge is 2.19. The molecule has 0 aliphatic rings. The molecule has 4 heteroatoms. The van der Waals surface area contributed by atoms with Crippen LogP contribution in [-0.2, 0) is 10.2 Å². The Labute approximate surface area is 121 Å². The molecule has 0 saturated heterocycles. The Morgan fingerprint density at radius 3 is 2.16 bits per heavy atom. The van der Waals surface area contributed by atoms with Crippen molar-refractivity contribution in [3.63, 3.8) is 0 Å². The maximum Gasteiger partial charge on any atom is 0.113 e. The summed E-state index contributed by atoms with van der Waals surface area (Å²) in [5.74, 6) is 0. The zero-order valence-electron chi connectivity index (χ0n) is 13.4. The Hall–Kier alpha value is -1.34. The number of rotatable bonds is 2. The highest BCUT2D eigenvalue weighted by molar-refractivity contribution is 7.09. The lowest BCUT2D eigenvalue weighted by Crippen LogP contribution is -2.10. The molecule has 0 N–H and O–H groups in total. The van der Waals surface area contributed by atoms with Gasteiger partial charge in [-0.05, 0) is 0 Å². The number of allylic oxidation sites excluding steroid dienone is 1. The highest BCUT2D eigenvalue weighted by Crippen LogP contribution is 2.27. The molecule has 0 fully saturated rings. The second kappa shape index (κ2) is 10.6. The van der Waals surface area contributed by atoms with Gasteiger partial charge in [0.25, 0.3) is 0 Å². The van der Waals surface area contributed by atoms with Crippen LogP contribution in [0.15, 0.2) is 11.6 Å². The third-order valence-electron chi connectivity index (χ3n) is 1.78. The molecule has 108 valence electrons. The molecule has 0 unspecified atom stereocenters. The minimum atomic E-state index is 0.0244. The molecule has 0 saturated carbocycles. The normalized spacial score (nSPS) is 10.4. The summed E-state index contributed by atoms with van der Waals surface area (Å²) in [5, 5.41) is 11.8. The summed E-state index contributed by atoms with van der Waals surface area (Å²) in [5.41, 5.74) is 1.18. The van der Waals surface area contributed by atoms with E-state index in [0.717, 1.165) is 5.01 Å². The summed E-state index contributed by atoms with van der Waals surface area (Å²) in [6, 6.07) is 2.06. The van der Waals surface area contributed by atoms with Crippen LogP contribution < -0.4 is 0 Å². The van der Waals surface area contributed by atoms with Crippen LogP contribution in [0.5, 0.6) is 0 Å². The van der Waals surface area contributed by atoms with Crippen molar-refractivity contribution in [1.29, 1.82) is 5.26 Å². The molecule has 0 radical (unpaired) electrons. The number of nitrogens with zero attached hydrogens (tertiary/aromatic N) is 2. The topological polar surface area (TPSA) is 45.9 Å². The summed E-state index contributed by atoms with van der Waals surface area (Å²) in [7, 11) is 1.52. The Kier molecular flexibility index (Phi) is 11.1. The quantitative estimate of drug-likeness (QED) is 0.566. The van der Waals surface area contributed by atoms with Gasteiger partial charge in [0, 0.05) is 10.8 Å². The van der Waals surface area contributed by atoms with Gasteiger partial charge < -0.3 is 4.74 Å². The van der Waals surface area contributed by atoms with Crippen molar-refractivity contribution in [2.75, 3.05) is 7.11 Å². The maximum atomic E-state index is 8.89. The largest absolute Gasteiger partial charge is 0.503 e. The van der Waals surface area contributed by atoms with Crippen LogP contribution >= 0.6 is 11.3 Å². The minimum absolute atomic E-state index is 0.0244. The van der Waals surface area contributed by atoms with Crippen molar-refractivity contribution in [2.45, 2.75) is 53.9 Å². The van der Waals surface area contributed by atoms with Crippen LogP contribution in [0.1, 0.15) is 59.2 Å². The van der Waals surface area contributed by atoms with Crippen molar-refractivity contribution < 1.29 is 4.74 Å². The van der Waals surface area contributed by atoms with Gasteiger partial charge in [0.2, 0.25) is 0 Å². The van der Waals surface area contributed by atoms with Gasteiger partial charge in [0.1, 0.15) is 17.9 Å². The number of methoxy groups -OCH3 is 1. The third-order valence-corrected chi connectivity index (χ3v) is 3.05. The van der Waals surface area contributed by atoms with E-state index in [2.05, 4.69) is 31.8 Å². The van der Waals surface area contributed by atoms with Crippen LogP contribution in [0.4, 0.5) is 0 Å². The van der Waals surface area contributed by atoms with E-state index in [4.69, 9.17) is 10.00 Å². The highest BCUT2D eigenvalue weighted by atomic mass is 32.1. The Bertz CT molecular complexity index is 409. The minimum Gasteiger partial charge on any atom is -0.503 e. The standard InChI is InChI=1S/C11H14N2OS.2C2H6/c1-11(2,3)10-13-9(7-15-10)8(5-12)6-14-4;2*1-2/h6-7H,1-4H3;2*1-2H3/b8-6-;;. The van der Waals surface area contributed by atoms with E-state index < -0.39 is 0 Å². The first-order chi connectivity index (χ1) is 8.99. The van der Waals surface area contributed by atoms with Crippen LogP contribution in [0.3, 0.4) is 0 Å². The van der Waals surface area contributed by atoms with Gasteiger partial charge in [0.05, 0.1) is 17.8 Å². The molecule has 19 heavy (non-hydrogen) atoms. The van der Waals surface area contributed by atoms with E-state index in [9.17, 15) is 0 Å². The second-order valence-corrected chi connectivity index (χ2v) is 5.03. The molecule has 1 rings (SSSR count). The fraction of sp³-hybridized carbons (Fsp3) is 0.600. The van der Waals surface area contributed by atoms with E-state index in [1.165, 1.54) is 13.4 Å². The Balaban J connectivity index is 0. The number of ether oxygens (including phenoxy) is 1. The fourth-order valence-electron chi connectivity index (χ4n) is 1.00. The third kappa shape index (κ3) is 6.97. The Morgan fingerprint density at radius 1 is 1.32 bits per heavy atom. The number of hydrogen-bond donors (Lipinski definition) is 0. The van der Waals surface area contributed by atoms with E-state index in [1.807, 2.05) is 33.1 Å². The molecule has 0 aromatic carbocycles. The lowest BCUT2D eigenvalue weighted by atomic mass is 9.98. The predicted octanol–water partition coefficient (Wildman–Crippen LogP) is 5.00. The molecule has 0 atom stereocenters. The molecular weight excluding hydrogens is 256 g/mol. The fourth-order valence-corrected chi connectivity index (χ4v) is 1.91. The van der Waals surface area contributed by atoms with Crippen molar-refractivity contribution in [3.8, 4) is 6.07 Å². The van der Waals surface area contributed by atoms with Gasteiger partial charge >= 0.3 is 0 Å². The van der Waals surface area contributed by atoms with Crippen LogP contribution in [0.2, 0.25) is 0 Å². The van der Waals surface area contributed by atoms with E-state index in [0.29, 0.717) is 11.3 Å². The lowest BCUT2D eigenvalue weighted by Gasteiger charge is -2.13. The van der Waals surface area contributed by atoms with E-state index >= 15 is 0 Å². The number of hydrogen-bond acceptors (Lipinski definition) is 4. The number of aromatic nitrogens is 1. The molecule has 0 bridgehead atoms. The monoisotopic (exact) mass is 282 g/mol. The molecule has 0 amide bonds. The molecule has 0 spiro atoms. The van der Waals surface area contributed by atoms with Crippen LogP contribution in [-0.4, -0.2) is 12.1 Å². The average molecular weight is 282 g/mol. The maximum absolute atomic E-state index is 8.89. The lowest BCUT2D eigenvalue weighted by molar-refractivity contribution is 0.340. The first kappa shape index (κ1) is 20.0. The van der Waals surface area contributed by atoms with Crippen LogP contribution in [0, 0.1) is 11.3 Å². The SMILES string of the molecule is CC.CC.CO/C=C(/C#N)c1csc(C(C)(C)C)n1.